The quantitative estimate of drug-likeness (QED) is 0.618. The van der Waals surface area contributed by atoms with Crippen LogP contribution >= 0.6 is 9.24 Å². The first-order valence-corrected chi connectivity index (χ1v) is 4.95. The molecule has 0 amide bonds. The van der Waals surface area contributed by atoms with Crippen LogP contribution in [-0.4, -0.2) is 11.2 Å². The lowest BCUT2D eigenvalue weighted by molar-refractivity contribution is -0.155. The molecule has 0 aliphatic carbocycles. The standard InChI is InChI=1S/C10H12FO2P/c1-9(11)10(2,14)13-8-6-4-3-5-7(8)12-9/h3-6H,14H2,1-2H3. The highest BCUT2D eigenvalue weighted by molar-refractivity contribution is 7.18. The van der Waals surface area contributed by atoms with Crippen LogP contribution in [0.1, 0.15) is 13.8 Å². The summed E-state index contributed by atoms with van der Waals surface area (Å²) >= 11 is 0. The average Bonchev–Trinajstić information content (AvgIpc) is 2.05. The molecule has 1 heterocycles. The predicted octanol–water partition coefficient (Wildman–Crippen LogP) is 2.73. The fourth-order valence-corrected chi connectivity index (χ4v) is 1.43. The SMILES string of the molecule is CC1(F)Oc2ccccc2OC1(C)P. The van der Waals surface area contributed by atoms with Crippen molar-refractivity contribution in [3.05, 3.63) is 24.3 Å². The third kappa shape index (κ3) is 1.36. The fourth-order valence-electron chi connectivity index (χ4n) is 1.25. The van der Waals surface area contributed by atoms with Crippen LogP contribution in [0.3, 0.4) is 0 Å². The highest BCUT2D eigenvalue weighted by Gasteiger charge is 2.50. The van der Waals surface area contributed by atoms with Gasteiger partial charge in [0.1, 0.15) is 0 Å². The van der Waals surface area contributed by atoms with E-state index in [2.05, 4.69) is 9.24 Å². The smallest absolute Gasteiger partial charge is 0.287 e. The maximum Gasteiger partial charge on any atom is 0.287 e. The van der Waals surface area contributed by atoms with E-state index < -0.39 is 11.2 Å². The van der Waals surface area contributed by atoms with Crippen LogP contribution in [0.4, 0.5) is 4.39 Å². The summed E-state index contributed by atoms with van der Waals surface area (Å²) in [6.07, 6.45) is 0. The number of halogens is 1. The van der Waals surface area contributed by atoms with Crippen molar-refractivity contribution in [1.82, 2.24) is 0 Å². The van der Waals surface area contributed by atoms with Gasteiger partial charge in [0.25, 0.3) is 5.85 Å². The van der Waals surface area contributed by atoms with E-state index >= 15 is 0 Å². The molecule has 0 saturated heterocycles. The number of fused-ring (bicyclic) bond motifs is 1. The minimum absolute atomic E-state index is 0.442. The van der Waals surface area contributed by atoms with Crippen molar-refractivity contribution < 1.29 is 13.9 Å². The molecule has 14 heavy (non-hydrogen) atoms. The first kappa shape index (κ1) is 9.72. The average molecular weight is 214 g/mol. The van der Waals surface area contributed by atoms with Gasteiger partial charge in [0.15, 0.2) is 16.8 Å². The van der Waals surface area contributed by atoms with Gasteiger partial charge < -0.3 is 9.47 Å². The molecule has 0 spiro atoms. The third-order valence-electron chi connectivity index (χ3n) is 2.36. The van der Waals surface area contributed by atoms with Crippen molar-refractivity contribution in [1.29, 1.82) is 0 Å². The van der Waals surface area contributed by atoms with Gasteiger partial charge in [0.2, 0.25) is 0 Å². The molecule has 0 radical (unpaired) electrons. The summed E-state index contributed by atoms with van der Waals surface area (Å²) in [5.41, 5.74) is 0. The molecule has 0 N–H and O–H groups in total. The largest absolute Gasteiger partial charge is 0.473 e. The molecule has 0 fully saturated rings. The summed E-state index contributed by atoms with van der Waals surface area (Å²) in [5.74, 6) is -0.830. The number of hydrogen-bond acceptors (Lipinski definition) is 2. The Kier molecular flexibility index (Phi) is 1.97. The second kappa shape index (κ2) is 2.83. The topological polar surface area (TPSA) is 18.5 Å². The number of para-hydroxylation sites is 2. The van der Waals surface area contributed by atoms with E-state index in [-0.39, 0.29) is 0 Å². The van der Waals surface area contributed by atoms with Gasteiger partial charge in [-0.2, -0.15) is 4.39 Å². The summed E-state index contributed by atoms with van der Waals surface area (Å²) in [6.45, 7) is 2.99. The van der Waals surface area contributed by atoms with Gasteiger partial charge >= 0.3 is 0 Å². The third-order valence-corrected chi connectivity index (χ3v) is 2.99. The van der Waals surface area contributed by atoms with Crippen molar-refractivity contribution in [3.63, 3.8) is 0 Å². The Morgan fingerprint density at radius 3 is 2.21 bits per heavy atom. The summed E-state index contributed by atoms with van der Waals surface area (Å²) in [7, 11) is 2.33. The van der Waals surface area contributed by atoms with Crippen molar-refractivity contribution in [3.8, 4) is 11.5 Å². The molecule has 76 valence electrons. The molecule has 1 aromatic carbocycles. The van der Waals surface area contributed by atoms with Gasteiger partial charge in [-0.3, -0.25) is 0 Å². The second-order valence-electron chi connectivity index (χ2n) is 3.67. The molecule has 1 aliphatic heterocycles. The molecule has 2 nitrogen and oxygen atoms in total. The van der Waals surface area contributed by atoms with Crippen molar-refractivity contribution in [2.75, 3.05) is 0 Å². The lowest BCUT2D eigenvalue weighted by atomic mass is 10.1. The van der Waals surface area contributed by atoms with Crippen LogP contribution in [0.15, 0.2) is 24.3 Å². The molecule has 0 aromatic heterocycles. The lowest BCUT2D eigenvalue weighted by Crippen LogP contribution is -2.52. The Morgan fingerprint density at radius 1 is 1.14 bits per heavy atom. The van der Waals surface area contributed by atoms with E-state index in [0.717, 1.165) is 0 Å². The molecule has 2 rings (SSSR count). The van der Waals surface area contributed by atoms with Crippen molar-refractivity contribution >= 4 is 9.24 Å². The molecule has 1 aliphatic rings. The van der Waals surface area contributed by atoms with Gasteiger partial charge in [0, 0.05) is 6.92 Å². The van der Waals surface area contributed by atoms with E-state index in [4.69, 9.17) is 9.47 Å². The summed E-state index contributed by atoms with van der Waals surface area (Å²) < 4.78 is 24.7. The van der Waals surface area contributed by atoms with Crippen LogP contribution in [0.25, 0.3) is 0 Å². The highest BCUT2D eigenvalue weighted by atomic mass is 31.0. The second-order valence-corrected chi connectivity index (χ2v) is 4.78. The molecule has 4 heteroatoms. The highest BCUT2D eigenvalue weighted by Crippen LogP contribution is 2.46. The van der Waals surface area contributed by atoms with Gasteiger partial charge in [0.05, 0.1) is 0 Å². The first-order valence-electron chi connectivity index (χ1n) is 4.37. The van der Waals surface area contributed by atoms with Crippen LogP contribution < -0.4 is 9.47 Å². The van der Waals surface area contributed by atoms with Crippen molar-refractivity contribution in [2.24, 2.45) is 0 Å². The molecule has 3 atom stereocenters. The molecular formula is C10H12FO2P. The molecule has 1 aromatic rings. The summed E-state index contributed by atoms with van der Waals surface area (Å²) in [6, 6.07) is 7.05. The number of alkyl halides is 1. The lowest BCUT2D eigenvalue weighted by Gasteiger charge is -2.41. The van der Waals surface area contributed by atoms with E-state index in [0.29, 0.717) is 11.5 Å². The zero-order valence-electron chi connectivity index (χ0n) is 8.08. The minimum Gasteiger partial charge on any atom is -0.473 e. The van der Waals surface area contributed by atoms with Crippen LogP contribution in [-0.2, 0) is 0 Å². The minimum atomic E-state index is -1.84. The van der Waals surface area contributed by atoms with Gasteiger partial charge in [-0.1, -0.05) is 21.4 Å². The Labute approximate surface area is 84.6 Å². The van der Waals surface area contributed by atoms with Crippen LogP contribution in [0.2, 0.25) is 0 Å². The summed E-state index contributed by atoms with van der Waals surface area (Å²) in [4.78, 5) is 0. The maximum absolute atomic E-state index is 14.0. The first-order chi connectivity index (χ1) is 6.42. The Morgan fingerprint density at radius 2 is 1.64 bits per heavy atom. The fraction of sp³-hybridized carbons (Fsp3) is 0.400. The molecule has 0 saturated carbocycles. The monoisotopic (exact) mass is 214 g/mol. The molecule has 0 bridgehead atoms. The van der Waals surface area contributed by atoms with Gasteiger partial charge in [-0.15, -0.1) is 0 Å². The van der Waals surface area contributed by atoms with Gasteiger partial charge in [-0.25, -0.2) is 0 Å². The Balaban J connectivity index is 2.46. The molecule has 3 unspecified atom stereocenters. The molecular weight excluding hydrogens is 202 g/mol. The van der Waals surface area contributed by atoms with E-state index in [1.165, 1.54) is 6.92 Å². The maximum atomic E-state index is 14.0. The number of ether oxygens (including phenoxy) is 2. The number of benzene rings is 1. The van der Waals surface area contributed by atoms with E-state index in [1.54, 1.807) is 25.1 Å². The van der Waals surface area contributed by atoms with Crippen LogP contribution in [0, 0.1) is 0 Å². The zero-order valence-corrected chi connectivity index (χ0v) is 9.24. The summed E-state index contributed by atoms with van der Waals surface area (Å²) in [5, 5.41) is -1.05. The number of rotatable bonds is 0. The Hall–Kier alpha value is -0.820. The van der Waals surface area contributed by atoms with Crippen LogP contribution in [0.5, 0.6) is 11.5 Å². The van der Waals surface area contributed by atoms with Gasteiger partial charge in [-0.05, 0) is 19.1 Å². The van der Waals surface area contributed by atoms with Crippen molar-refractivity contribution in [2.45, 2.75) is 25.0 Å². The normalized spacial score (nSPS) is 35.4. The Bertz CT molecular complexity index is 328. The predicted molar refractivity (Wildman–Crippen MR) is 55.3 cm³/mol. The van der Waals surface area contributed by atoms with E-state index in [1.807, 2.05) is 6.07 Å². The number of hydrogen-bond donors (Lipinski definition) is 0. The van der Waals surface area contributed by atoms with E-state index in [9.17, 15) is 4.39 Å². The zero-order chi connectivity index (χ0) is 10.4.